The maximum absolute atomic E-state index is 10.5. The summed E-state index contributed by atoms with van der Waals surface area (Å²) < 4.78 is 10.6. The van der Waals surface area contributed by atoms with Gasteiger partial charge in [-0.2, -0.15) is 0 Å². The summed E-state index contributed by atoms with van der Waals surface area (Å²) in [5.74, 6) is 0.516. The minimum atomic E-state index is -0.465. The van der Waals surface area contributed by atoms with Crippen molar-refractivity contribution in [2.75, 3.05) is 7.11 Å². The van der Waals surface area contributed by atoms with Gasteiger partial charge in [-0.1, -0.05) is 0 Å². The van der Waals surface area contributed by atoms with Crippen LogP contribution < -0.4 is 4.74 Å². The van der Waals surface area contributed by atoms with Crippen molar-refractivity contribution in [2.24, 2.45) is 0 Å². The summed E-state index contributed by atoms with van der Waals surface area (Å²) in [5.41, 5.74) is 0.00687. The highest BCUT2D eigenvalue weighted by molar-refractivity contribution is 9.10. The average Bonchev–Trinajstić information content (AvgIpc) is 2.17. The number of ether oxygens (including phenoxy) is 2. The Hall–Kier alpha value is -1.14. The number of hydrogen-bond acceptors (Lipinski definition) is 4. The van der Waals surface area contributed by atoms with Crippen LogP contribution in [0.5, 0.6) is 5.75 Å². The molecule has 0 saturated heterocycles. The van der Waals surface area contributed by atoms with Gasteiger partial charge in [-0.25, -0.2) is 0 Å². The van der Waals surface area contributed by atoms with Gasteiger partial charge in [-0.05, 0) is 28.9 Å². The SMILES string of the molecule is COC(C)Oc1ccc([N+](=O)[O-])c(Br)c1. The standard InChI is InChI=1S/C9H10BrNO4/c1-6(14-2)15-7-3-4-9(11(12)13)8(10)5-7/h3-6H,1-2H3. The molecule has 1 atom stereocenters. The highest BCUT2D eigenvalue weighted by Gasteiger charge is 2.12. The van der Waals surface area contributed by atoms with Crippen LogP contribution in [0, 0.1) is 10.1 Å². The normalized spacial score (nSPS) is 12.2. The second kappa shape index (κ2) is 5.09. The third kappa shape index (κ3) is 3.17. The van der Waals surface area contributed by atoms with Gasteiger partial charge in [0, 0.05) is 19.2 Å². The molecule has 0 bridgehead atoms. The molecule has 0 radical (unpaired) electrons. The average molecular weight is 276 g/mol. The molecule has 1 aromatic carbocycles. The van der Waals surface area contributed by atoms with E-state index in [-0.39, 0.29) is 5.69 Å². The van der Waals surface area contributed by atoms with Crippen molar-refractivity contribution >= 4 is 21.6 Å². The Labute approximate surface area is 95.3 Å². The molecule has 0 saturated carbocycles. The Bertz CT molecular complexity index is 369. The summed E-state index contributed by atoms with van der Waals surface area (Å²) >= 11 is 3.10. The fourth-order valence-corrected chi connectivity index (χ4v) is 1.45. The van der Waals surface area contributed by atoms with Crippen molar-refractivity contribution < 1.29 is 14.4 Å². The van der Waals surface area contributed by atoms with Crippen LogP contribution in [-0.4, -0.2) is 18.3 Å². The molecule has 1 rings (SSSR count). The summed E-state index contributed by atoms with van der Waals surface area (Å²) in [5, 5.41) is 10.5. The van der Waals surface area contributed by atoms with Crippen molar-refractivity contribution in [3.63, 3.8) is 0 Å². The molecule has 15 heavy (non-hydrogen) atoms. The van der Waals surface area contributed by atoms with Gasteiger partial charge < -0.3 is 9.47 Å². The lowest BCUT2D eigenvalue weighted by molar-refractivity contribution is -0.385. The number of benzene rings is 1. The topological polar surface area (TPSA) is 61.6 Å². The number of halogens is 1. The van der Waals surface area contributed by atoms with Gasteiger partial charge in [0.15, 0.2) is 6.29 Å². The van der Waals surface area contributed by atoms with Crippen molar-refractivity contribution in [1.29, 1.82) is 0 Å². The number of hydrogen-bond donors (Lipinski definition) is 0. The molecule has 0 aliphatic rings. The first-order valence-electron chi connectivity index (χ1n) is 4.18. The maximum Gasteiger partial charge on any atom is 0.283 e. The summed E-state index contributed by atoms with van der Waals surface area (Å²) in [7, 11) is 1.52. The van der Waals surface area contributed by atoms with Gasteiger partial charge in [-0.3, -0.25) is 10.1 Å². The van der Waals surface area contributed by atoms with E-state index in [1.54, 1.807) is 6.92 Å². The molecular weight excluding hydrogens is 266 g/mol. The Balaban J connectivity index is 2.87. The van der Waals surface area contributed by atoms with Crippen LogP contribution in [0.15, 0.2) is 22.7 Å². The van der Waals surface area contributed by atoms with Crippen molar-refractivity contribution in [3.05, 3.63) is 32.8 Å². The predicted molar refractivity (Wildman–Crippen MR) is 57.9 cm³/mol. The minimum absolute atomic E-state index is 0.00687. The third-order valence-corrected chi connectivity index (χ3v) is 2.38. The van der Waals surface area contributed by atoms with E-state index in [4.69, 9.17) is 9.47 Å². The molecule has 82 valence electrons. The number of methoxy groups -OCH3 is 1. The van der Waals surface area contributed by atoms with Crippen LogP contribution in [0.3, 0.4) is 0 Å². The van der Waals surface area contributed by atoms with Crippen LogP contribution in [0.1, 0.15) is 6.92 Å². The van der Waals surface area contributed by atoms with Crippen molar-refractivity contribution in [3.8, 4) is 5.75 Å². The van der Waals surface area contributed by atoms with Crippen LogP contribution in [0.25, 0.3) is 0 Å². The highest BCUT2D eigenvalue weighted by Crippen LogP contribution is 2.29. The summed E-state index contributed by atoms with van der Waals surface area (Å²) in [6.07, 6.45) is -0.390. The molecule has 5 nitrogen and oxygen atoms in total. The Kier molecular flexibility index (Phi) is 4.05. The predicted octanol–water partition coefficient (Wildman–Crippen LogP) is 2.73. The van der Waals surface area contributed by atoms with Crippen LogP contribution in [-0.2, 0) is 4.74 Å². The van der Waals surface area contributed by atoms with Gasteiger partial charge in [-0.15, -0.1) is 0 Å². The first-order chi connectivity index (χ1) is 7.04. The lowest BCUT2D eigenvalue weighted by Gasteiger charge is -2.12. The Morgan fingerprint density at radius 3 is 2.67 bits per heavy atom. The van der Waals surface area contributed by atoms with Gasteiger partial charge in [0.1, 0.15) is 5.75 Å². The summed E-state index contributed by atoms with van der Waals surface area (Å²) in [4.78, 5) is 10.1. The molecule has 0 fully saturated rings. The zero-order valence-corrected chi connectivity index (χ0v) is 9.85. The van der Waals surface area contributed by atoms with Gasteiger partial charge in [0.2, 0.25) is 0 Å². The van der Waals surface area contributed by atoms with Gasteiger partial charge >= 0.3 is 0 Å². The van der Waals surface area contributed by atoms with Gasteiger partial charge in [0.05, 0.1) is 9.40 Å². The fourth-order valence-electron chi connectivity index (χ4n) is 0.949. The van der Waals surface area contributed by atoms with E-state index < -0.39 is 11.2 Å². The Morgan fingerprint density at radius 1 is 1.53 bits per heavy atom. The summed E-state index contributed by atoms with van der Waals surface area (Å²) in [6.45, 7) is 1.73. The number of nitro groups is 1. The second-order valence-electron chi connectivity index (χ2n) is 2.79. The van der Waals surface area contributed by atoms with E-state index in [1.807, 2.05) is 0 Å². The first-order valence-corrected chi connectivity index (χ1v) is 4.97. The maximum atomic E-state index is 10.5. The van der Waals surface area contributed by atoms with E-state index in [0.717, 1.165) is 0 Å². The zero-order chi connectivity index (χ0) is 11.4. The molecule has 0 spiro atoms. The molecule has 0 aliphatic heterocycles. The first kappa shape index (κ1) is 11.9. The monoisotopic (exact) mass is 275 g/mol. The minimum Gasteiger partial charge on any atom is -0.465 e. The van der Waals surface area contributed by atoms with Crippen LogP contribution in [0.4, 0.5) is 5.69 Å². The van der Waals surface area contributed by atoms with E-state index >= 15 is 0 Å². The zero-order valence-electron chi connectivity index (χ0n) is 8.27. The largest absolute Gasteiger partial charge is 0.465 e. The molecule has 0 N–H and O–H groups in total. The smallest absolute Gasteiger partial charge is 0.283 e. The number of nitrogens with zero attached hydrogens (tertiary/aromatic N) is 1. The van der Waals surface area contributed by atoms with Crippen molar-refractivity contribution in [2.45, 2.75) is 13.2 Å². The number of nitro benzene ring substituents is 1. The molecule has 1 aromatic rings. The fraction of sp³-hybridized carbons (Fsp3) is 0.333. The molecule has 1 unspecified atom stereocenters. The molecule has 6 heteroatoms. The summed E-state index contributed by atoms with van der Waals surface area (Å²) in [6, 6.07) is 4.44. The van der Waals surface area contributed by atoms with Crippen LogP contribution in [0.2, 0.25) is 0 Å². The van der Waals surface area contributed by atoms with Gasteiger partial charge in [0.25, 0.3) is 5.69 Å². The molecule has 0 aliphatic carbocycles. The van der Waals surface area contributed by atoms with E-state index in [2.05, 4.69) is 15.9 Å². The molecular formula is C9H10BrNO4. The Morgan fingerprint density at radius 2 is 2.20 bits per heavy atom. The molecule has 0 heterocycles. The molecule has 0 aromatic heterocycles. The lowest BCUT2D eigenvalue weighted by atomic mass is 10.3. The second-order valence-corrected chi connectivity index (χ2v) is 3.65. The lowest BCUT2D eigenvalue weighted by Crippen LogP contribution is -2.13. The van der Waals surface area contributed by atoms with Crippen LogP contribution >= 0.6 is 15.9 Å². The molecule has 0 amide bonds. The number of rotatable bonds is 4. The van der Waals surface area contributed by atoms with E-state index in [1.165, 1.54) is 25.3 Å². The van der Waals surface area contributed by atoms with Crippen molar-refractivity contribution in [1.82, 2.24) is 0 Å². The van der Waals surface area contributed by atoms with E-state index in [9.17, 15) is 10.1 Å². The quantitative estimate of drug-likeness (QED) is 0.482. The third-order valence-electron chi connectivity index (χ3n) is 1.75. The van der Waals surface area contributed by atoms with E-state index in [0.29, 0.717) is 10.2 Å². The highest BCUT2D eigenvalue weighted by atomic mass is 79.9.